The first-order chi connectivity index (χ1) is 12.5. The number of ether oxygens (including phenoxy) is 1. The van der Waals surface area contributed by atoms with Crippen LogP contribution in [0.1, 0.15) is 39.3 Å². The van der Waals surface area contributed by atoms with Gasteiger partial charge in [-0.05, 0) is 63.7 Å². The lowest BCUT2D eigenvalue weighted by molar-refractivity contribution is 0.340. The summed E-state index contributed by atoms with van der Waals surface area (Å²) < 4.78 is 5.46. The van der Waals surface area contributed by atoms with E-state index in [1.54, 1.807) is 0 Å². The Kier molecular flexibility index (Phi) is 7.59. The van der Waals surface area contributed by atoms with E-state index in [9.17, 15) is 0 Å². The van der Waals surface area contributed by atoms with E-state index >= 15 is 0 Å². The van der Waals surface area contributed by atoms with Gasteiger partial charge in [0, 0.05) is 23.5 Å². The molecule has 2 aromatic rings. The van der Waals surface area contributed by atoms with E-state index in [0.717, 1.165) is 30.0 Å². The highest BCUT2D eigenvalue weighted by atomic mass is 32.1. The molecule has 0 radical (unpaired) electrons. The summed E-state index contributed by atoms with van der Waals surface area (Å²) in [6.45, 7) is 8.79. The van der Waals surface area contributed by atoms with Gasteiger partial charge < -0.3 is 20.7 Å². The van der Waals surface area contributed by atoms with Crippen LogP contribution in [0.2, 0.25) is 0 Å². The molecule has 1 aromatic carbocycles. The Bertz CT molecular complexity index is 720. The minimum absolute atomic E-state index is 0.311. The quantitative estimate of drug-likeness (QED) is 0.592. The van der Waals surface area contributed by atoms with Gasteiger partial charge in [-0.2, -0.15) is 4.98 Å². The molecule has 140 valence electrons. The van der Waals surface area contributed by atoms with Crippen LogP contribution in [0.4, 0.5) is 17.5 Å². The lowest BCUT2D eigenvalue weighted by atomic mass is 10.2. The third-order valence-corrected chi connectivity index (χ3v) is 3.84. The first-order valence-electron chi connectivity index (χ1n) is 8.93. The molecule has 1 aromatic heterocycles. The normalized spacial score (nSPS) is 11.5. The van der Waals surface area contributed by atoms with Crippen molar-refractivity contribution in [3.63, 3.8) is 0 Å². The van der Waals surface area contributed by atoms with Crippen molar-refractivity contribution in [3.05, 3.63) is 36.0 Å². The number of rotatable bonds is 8. The minimum atomic E-state index is 0.311. The molecule has 7 heteroatoms. The molecule has 0 aliphatic heterocycles. The smallest absolute Gasteiger partial charge is 0.231 e. The van der Waals surface area contributed by atoms with Crippen molar-refractivity contribution in [2.75, 3.05) is 17.2 Å². The Morgan fingerprint density at radius 2 is 1.92 bits per heavy atom. The van der Waals surface area contributed by atoms with Gasteiger partial charge in [0.2, 0.25) is 5.95 Å². The van der Waals surface area contributed by atoms with Crippen molar-refractivity contribution >= 4 is 34.8 Å². The number of hydrogen-bond donors (Lipinski definition) is 3. The molecular formula is C19H27N5OS. The van der Waals surface area contributed by atoms with E-state index in [4.69, 9.17) is 17.0 Å². The lowest BCUT2D eigenvalue weighted by Gasteiger charge is -2.16. The van der Waals surface area contributed by atoms with Gasteiger partial charge in [-0.15, -0.1) is 0 Å². The van der Waals surface area contributed by atoms with Gasteiger partial charge in [0.05, 0.1) is 6.61 Å². The minimum Gasteiger partial charge on any atom is -0.494 e. The van der Waals surface area contributed by atoms with E-state index < -0.39 is 0 Å². The number of aromatic nitrogens is 2. The summed E-state index contributed by atoms with van der Waals surface area (Å²) in [6, 6.07) is 9.95. The number of aryl methyl sites for hydroxylation is 1. The number of benzene rings is 1. The standard InChI is InChI=1S/C19H27N5OS/c1-5-7-13(3)21-19(26)24-18-20-14(4)12-17(23-18)22-15-8-10-16(11-9-15)25-6-2/h8-13H,5-7H2,1-4H3,(H3,20,21,22,23,24,26). The summed E-state index contributed by atoms with van der Waals surface area (Å²) in [5, 5.41) is 10.1. The number of nitrogens with zero attached hydrogens (tertiary/aromatic N) is 2. The predicted molar refractivity (Wildman–Crippen MR) is 111 cm³/mol. The van der Waals surface area contributed by atoms with Crippen molar-refractivity contribution in [1.29, 1.82) is 0 Å². The summed E-state index contributed by atoms with van der Waals surface area (Å²) in [4.78, 5) is 8.89. The van der Waals surface area contributed by atoms with Gasteiger partial charge in [0.25, 0.3) is 0 Å². The molecule has 0 spiro atoms. The second-order valence-electron chi connectivity index (χ2n) is 6.09. The van der Waals surface area contributed by atoms with Crippen LogP contribution in [0.5, 0.6) is 5.75 Å². The Morgan fingerprint density at radius 3 is 2.58 bits per heavy atom. The summed E-state index contributed by atoms with van der Waals surface area (Å²) >= 11 is 5.35. The molecule has 6 nitrogen and oxygen atoms in total. The van der Waals surface area contributed by atoms with Crippen LogP contribution in [-0.4, -0.2) is 27.7 Å². The summed E-state index contributed by atoms with van der Waals surface area (Å²) in [5.74, 6) is 2.02. The summed E-state index contributed by atoms with van der Waals surface area (Å²) in [5.41, 5.74) is 1.77. The Balaban J connectivity index is 2.03. The van der Waals surface area contributed by atoms with Crippen molar-refractivity contribution in [2.45, 2.75) is 46.6 Å². The highest BCUT2D eigenvalue weighted by Gasteiger charge is 2.07. The number of thiocarbonyl (C=S) groups is 1. The van der Waals surface area contributed by atoms with Crippen LogP contribution < -0.4 is 20.7 Å². The average molecular weight is 374 g/mol. The molecule has 0 aliphatic rings. The highest BCUT2D eigenvalue weighted by molar-refractivity contribution is 7.80. The zero-order valence-electron chi connectivity index (χ0n) is 15.8. The van der Waals surface area contributed by atoms with Crippen molar-refractivity contribution in [1.82, 2.24) is 15.3 Å². The zero-order chi connectivity index (χ0) is 18.9. The average Bonchev–Trinajstić information content (AvgIpc) is 2.56. The van der Waals surface area contributed by atoms with Gasteiger partial charge in [-0.1, -0.05) is 13.3 Å². The van der Waals surface area contributed by atoms with E-state index in [-0.39, 0.29) is 0 Å². The molecule has 2 rings (SSSR count). The maximum Gasteiger partial charge on any atom is 0.231 e. The fraction of sp³-hybridized carbons (Fsp3) is 0.421. The van der Waals surface area contributed by atoms with Gasteiger partial charge in [-0.3, -0.25) is 0 Å². The highest BCUT2D eigenvalue weighted by Crippen LogP contribution is 2.20. The molecule has 0 fully saturated rings. The maximum atomic E-state index is 5.46. The Morgan fingerprint density at radius 1 is 1.19 bits per heavy atom. The zero-order valence-corrected chi connectivity index (χ0v) is 16.6. The fourth-order valence-electron chi connectivity index (χ4n) is 2.50. The van der Waals surface area contributed by atoms with E-state index in [2.05, 4.69) is 39.8 Å². The van der Waals surface area contributed by atoms with Crippen LogP contribution in [-0.2, 0) is 0 Å². The lowest BCUT2D eigenvalue weighted by Crippen LogP contribution is -2.36. The maximum absolute atomic E-state index is 5.46. The van der Waals surface area contributed by atoms with Crippen molar-refractivity contribution in [2.24, 2.45) is 0 Å². The van der Waals surface area contributed by atoms with E-state index in [0.29, 0.717) is 29.5 Å². The van der Waals surface area contributed by atoms with Crippen LogP contribution >= 0.6 is 12.2 Å². The van der Waals surface area contributed by atoms with Crippen molar-refractivity contribution < 1.29 is 4.74 Å². The van der Waals surface area contributed by atoms with Crippen LogP contribution in [0.25, 0.3) is 0 Å². The summed E-state index contributed by atoms with van der Waals surface area (Å²) in [7, 11) is 0. The number of anilines is 3. The Hall–Kier alpha value is -2.41. The third-order valence-electron chi connectivity index (χ3n) is 3.62. The van der Waals surface area contributed by atoms with Gasteiger partial charge in [0.15, 0.2) is 5.11 Å². The van der Waals surface area contributed by atoms with Gasteiger partial charge in [0.1, 0.15) is 11.6 Å². The molecule has 0 saturated carbocycles. The molecule has 3 N–H and O–H groups in total. The molecule has 26 heavy (non-hydrogen) atoms. The van der Waals surface area contributed by atoms with Crippen LogP contribution in [0.15, 0.2) is 30.3 Å². The van der Waals surface area contributed by atoms with Crippen LogP contribution in [0, 0.1) is 6.92 Å². The fourth-order valence-corrected chi connectivity index (χ4v) is 2.80. The molecular weight excluding hydrogens is 346 g/mol. The molecule has 1 heterocycles. The predicted octanol–water partition coefficient (Wildman–Crippen LogP) is 4.40. The topological polar surface area (TPSA) is 71.1 Å². The molecule has 1 unspecified atom stereocenters. The molecule has 0 bridgehead atoms. The third kappa shape index (κ3) is 6.48. The molecule has 0 aliphatic carbocycles. The molecule has 1 atom stereocenters. The van der Waals surface area contributed by atoms with Crippen molar-refractivity contribution in [3.8, 4) is 5.75 Å². The number of nitrogens with one attached hydrogen (secondary N) is 3. The van der Waals surface area contributed by atoms with Gasteiger partial charge in [-0.25, -0.2) is 4.98 Å². The van der Waals surface area contributed by atoms with E-state index in [1.165, 1.54) is 0 Å². The first kappa shape index (κ1) is 19.9. The molecule has 0 saturated heterocycles. The second kappa shape index (κ2) is 9.91. The Labute approximate surface area is 160 Å². The van der Waals surface area contributed by atoms with Gasteiger partial charge >= 0.3 is 0 Å². The largest absolute Gasteiger partial charge is 0.494 e. The SMILES string of the molecule is CCCC(C)NC(=S)Nc1nc(C)cc(Nc2ccc(OCC)cc2)n1. The van der Waals surface area contributed by atoms with E-state index in [1.807, 2.05) is 44.2 Å². The molecule has 0 amide bonds. The second-order valence-corrected chi connectivity index (χ2v) is 6.50. The monoisotopic (exact) mass is 373 g/mol. The first-order valence-corrected chi connectivity index (χ1v) is 9.34. The number of hydrogen-bond acceptors (Lipinski definition) is 5. The van der Waals surface area contributed by atoms with Crippen LogP contribution in [0.3, 0.4) is 0 Å². The summed E-state index contributed by atoms with van der Waals surface area (Å²) in [6.07, 6.45) is 2.16.